The summed E-state index contributed by atoms with van der Waals surface area (Å²) in [5.41, 5.74) is 6.28. The number of aromatic nitrogens is 1. The average Bonchev–Trinajstić information content (AvgIpc) is 3.61. The van der Waals surface area contributed by atoms with Crippen LogP contribution in [-0.4, -0.2) is 51.2 Å². The highest BCUT2D eigenvalue weighted by Gasteiger charge is 2.76. The third-order valence-electron chi connectivity index (χ3n) is 10.9. The second kappa shape index (κ2) is 9.41. The molecule has 8 nitrogen and oxygen atoms in total. The van der Waals surface area contributed by atoms with E-state index in [9.17, 15) is 19.8 Å². The Balaban J connectivity index is 1.19. The molecule has 1 aromatic carbocycles. The highest BCUT2D eigenvalue weighted by Crippen LogP contribution is 2.70. The van der Waals surface area contributed by atoms with Gasteiger partial charge in [0.15, 0.2) is 23.5 Å². The first-order valence-corrected chi connectivity index (χ1v) is 15.3. The standard InChI is InChI=1S/C32H36N2O6S/c1-30-9-8-20(36)12-18(30)6-7-21-22-13-26-32(25(38)16-35,31(22,2)14-23(37)28(21)30)40-29(39-26)24-15-34-27(41-24)11-17-4-3-5-19(33)10-17/h3-5,8-10,12,15,21-23,26,28-29,35,37H,6-7,11,13-14,16,33H2,1-2H3/t21-,22-,23-,26+,28+,29+,30-,31-,32+/m0/s1. The van der Waals surface area contributed by atoms with E-state index in [4.69, 9.17) is 15.2 Å². The quantitative estimate of drug-likeness (QED) is 0.457. The van der Waals surface area contributed by atoms with Crippen LogP contribution in [0, 0.1) is 28.6 Å². The zero-order valence-electron chi connectivity index (χ0n) is 23.3. The van der Waals surface area contributed by atoms with E-state index in [0.717, 1.165) is 33.9 Å². The molecular weight excluding hydrogens is 540 g/mol. The Morgan fingerprint density at radius 1 is 1.29 bits per heavy atom. The van der Waals surface area contributed by atoms with E-state index in [1.54, 1.807) is 18.3 Å². The first-order chi connectivity index (χ1) is 19.6. The molecule has 9 heteroatoms. The Morgan fingerprint density at radius 3 is 2.90 bits per heavy atom. The normalized spacial score (nSPS) is 40.9. The minimum atomic E-state index is -1.36. The van der Waals surface area contributed by atoms with Crippen LogP contribution >= 0.6 is 11.3 Å². The van der Waals surface area contributed by atoms with Gasteiger partial charge in [0, 0.05) is 35.1 Å². The van der Waals surface area contributed by atoms with Gasteiger partial charge in [-0.25, -0.2) is 4.98 Å². The van der Waals surface area contributed by atoms with Crippen LogP contribution in [-0.2, 0) is 25.5 Å². The van der Waals surface area contributed by atoms with E-state index in [1.807, 2.05) is 37.3 Å². The first-order valence-electron chi connectivity index (χ1n) is 14.5. The number of rotatable bonds is 5. The fourth-order valence-electron chi connectivity index (χ4n) is 9.21. The molecule has 5 aliphatic rings. The maximum Gasteiger partial charge on any atom is 0.196 e. The van der Waals surface area contributed by atoms with E-state index in [0.29, 0.717) is 24.9 Å². The number of carbonyl (C=O) groups excluding carboxylic acids is 2. The molecular formula is C32H36N2O6S. The molecule has 4 fully saturated rings. The molecule has 4 aliphatic carbocycles. The molecule has 0 bridgehead atoms. The number of nitrogens with two attached hydrogens (primary N) is 1. The smallest absolute Gasteiger partial charge is 0.196 e. The van der Waals surface area contributed by atoms with Gasteiger partial charge in [-0.3, -0.25) is 9.59 Å². The molecule has 0 spiro atoms. The zero-order valence-corrected chi connectivity index (χ0v) is 24.1. The summed E-state index contributed by atoms with van der Waals surface area (Å²) in [5, 5.41) is 22.9. The number of hydrogen-bond acceptors (Lipinski definition) is 9. The van der Waals surface area contributed by atoms with Crippen LogP contribution in [0.4, 0.5) is 5.69 Å². The summed E-state index contributed by atoms with van der Waals surface area (Å²) in [6.45, 7) is 3.52. The van der Waals surface area contributed by atoms with Crippen molar-refractivity contribution in [2.24, 2.45) is 28.6 Å². The van der Waals surface area contributed by atoms with E-state index in [2.05, 4.69) is 11.9 Å². The summed E-state index contributed by atoms with van der Waals surface area (Å²) in [5.74, 6) is -0.284. The van der Waals surface area contributed by atoms with Crippen molar-refractivity contribution < 1.29 is 29.3 Å². The van der Waals surface area contributed by atoms with Crippen molar-refractivity contribution in [3.8, 4) is 0 Å². The van der Waals surface area contributed by atoms with Crippen LogP contribution in [0.3, 0.4) is 0 Å². The molecule has 2 heterocycles. The lowest BCUT2D eigenvalue weighted by molar-refractivity contribution is -0.200. The number of Topliss-reactive ketones (excluding diaryl/α,β-unsaturated/α-hetero) is 1. The van der Waals surface area contributed by atoms with Crippen LogP contribution in [0.15, 0.2) is 54.3 Å². The van der Waals surface area contributed by atoms with E-state index in [1.165, 1.54) is 11.3 Å². The molecule has 41 heavy (non-hydrogen) atoms. The highest BCUT2D eigenvalue weighted by molar-refractivity contribution is 7.11. The molecule has 9 atom stereocenters. The Kier molecular flexibility index (Phi) is 6.23. The molecule has 7 rings (SSSR count). The molecule has 0 unspecified atom stereocenters. The van der Waals surface area contributed by atoms with E-state index in [-0.39, 0.29) is 23.5 Å². The number of ether oxygens (including phenoxy) is 2. The zero-order chi connectivity index (χ0) is 28.7. The third-order valence-corrected chi connectivity index (χ3v) is 11.9. The number of aliphatic hydroxyl groups is 2. The van der Waals surface area contributed by atoms with Gasteiger partial charge in [0.25, 0.3) is 0 Å². The van der Waals surface area contributed by atoms with Crippen molar-refractivity contribution in [1.82, 2.24) is 4.98 Å². The van der Waals surface area contributed by atoms with Gasteiger partial charge in [-0.2, -0.15) is 0 Å². The largest absolute Gasteiger partial charge is 0.399 e. The number of hydrogen-bond donors (Lipinski definition) is 3. The SMILES string of the molecule is C[C@]12C=CC(=O)C=C1CC[C@@H]1[C@@H]2[C@@H](O)C[C@@]2(C)[C@H]1C[C@H]1O[C@@H](c3cnc(Cc4cccc(N)c4)s3)O[C@]12C(=O)CO. The molecule has 2 aromatic rings. The predicted molar refractivity (Wildman–Crippen MR) is 153 cm³/mol. The average molecular weight is 577 g/mol. The van der Waals surface area contributed by atoms with E-state index >= 15 is 0 Å². The van der Waals surface area contributed by atoms with Gasteiger partial charge in [-0.15, -0.1) is 11.3 Å². The molecule has 0 radical (unpaired) electrons. The number of nitrogen functional groups attached to an aromatic ring is 1. The minimum absolute atomic E-state index is 0.000853. The van der Waals surface area contributed by atoms with E-state index < -0.39 is 47.3 Å². The summed E-state index contributed by atoms with van der Waals surface area (Å²) in [6, 6.07) is 7.70. The van der Waals surface area contributed by atoms with Crippen LogP contribution in [0.1, 0.15) is 61.3 Å². The summed E-state index contributed by atoms with van der Waals surface area (Å²) in [4.78, 5) is 31.2. The molecule has 1 aliphatic heterocycles. The number of allylic oxidation sites excluding steroid dienone is 4. The lowest BCUT2D eigenvalue weighted by Gasteiger charge is -2.59. The summed E-state index contributed by atoms with van der Waals surface area (Å²) >= 11 is 1.48. The highest BCUT2D eigenvalue weighted by atomic mass is 32.1. The Labute approximate surface area is 243 Å². The van der Waals surface area contributed by atoms with Gasteiger partial charge in [-0.05, 0) is 67.4 Å². The van der Waals surface area contributed by atoms with Gasteiger partial charge >= 0.3 is 0 Å². The molecule has 4 N–H and O–H groups in total. The van der Waals surface area contributed by atoms with Crippen molar-refractivity contribution in [1.29, 1.82) is 0 Å². The third kappa shape index (κ3) is 3.82. The van der Waals surface area contributed by atoms with Gasteiger partial charge in [-0.1, -0.05) is 37.6 Å². The maximum absolute atomic E-state index is 13.7. The topological polar surface area (TPSA) is 132 Å². The molecule has 0 amide bonds. The van der Waals surface area contributed by atoms with Gasteiger partial charge < -0.3 is 25.4 Å². The van der Waals surface area contributed by atoms with Crippen LogP contribution in [0.5, 0.6) is 0 Å². The molecule has 216 valence electrons. The number of benzene rings is 1. The maximum atomic E-state index is 13.7. The van der Waals surface area contributed by atoms with Crippen molar-refractivity contribution in [3.05, 3.63) is 69.7 Å². The number of carbonyl (C=O) groups is 2. The fourth-order valence-corrected chi connectivity index (χ4v) is 10.1. The summed E-state index contributed by atoms with van der Waals surface area (Å²) in [7, 11) is 0. The Hall–Kier alpha value is -2.69. The summed E-state index contributed by atoms with van der Waals surface area (Å²) < 4.78 is 13.2. The first kappa shape index (κ1) is 27.2. The fraction of sp³-hybridized carbons (Fsp3) is 0.531. The predicted octanol–water partition coefficient (Wildman–Crippen LogP) is 3.92. The van der Waals surface area contributed by atoms with Crippen molar-refractivity contribution in [2.45, 2.75) is 70.1 Å². The Bertz CT molecular complexity index is 1480. The lowest BCUT2D eigenvalue weighted by atomic mass is 9.46. The number of nitrogens with zero attached hydrogens (tertiary/aromatic N) is 1. The van der Waals surface area contributed by atoms with Crippen LogP contribution in [0.25, 0.3) is 0 Å². The number of thiazole rings is 1. The number of aliphatic hydroxyl groups excluding tert-OH is 2. The number of fused-ring (bicyclic) bond motifs is 7. The van der Waals surface area contributed by atoms with Crippen molar-refractivity contribution in [3.63, 3.8) is 0 Å². The second-order valence-electron chi connectivity index (χ2n) is 12.9. The lowest BCUT2D eigenvalue weighted by Crippen LogP contribution is -2.63. The van der Waals surface area contributed by atoms with Gasteiger partial charge in [0.05, 0.1) is 22.1 Å². The summed E-state index contributed by atoms with van der Waals surface area (Å²) in [6.07, 6.45) is 8.25. The second-order valence-corrected chi connectivity index (χ2v) is 14.1. The molecule has 3 saturated carbocycles. The Morgan fingerprint density at radius 2 is 2.12 bits per heavy atom. The molecule has 1 saturated heterocycles. The number of anilines is 1. The van der Waals surface area contributed by atoms with Gasteiger partial charge in [0.2, 0.25) is 0 Å². The van der Waals surface area contributed by atoms with Crippen LogP contribution < -0.4 is 5.73 Å². The monoisotopic (exact) mass is 576 g/mol. The van der Waals surface area contributed by atoms with Crippen molar-refractivity contribution >= 4 is 28.6 Å². The van der Waals surface area contributed by atoms with Crippen LogP contribution in [0.2, 0.25) is 0 Å². The van der Waals surface area contributed by atoms with Gasteiger partial charge in [0.1, 0.15) is 6.61 Å². The van der Waals surface area contributed by atoms with Crippen molar-refractivity contribution in [2.75, 3.05) is 12.3 Å². The minimum Gasteiger partial charge on any atom is -0.399 e. The molecule has 1 aromatic heterocycles. The number of ketones is 2.